The molecular formula is C12H7F3N2O3. The Morgan fingerprint density at radius 1 is 1.20 bits per heavy atom. The largest absolute Gasteiger partial charge is 0.476 e. The van der Waals surface area contributed by atoms with Gasteiger partial charge in [0.15, 0.2) is 17.5 Å². The van der Waals surface area contributed by atoms with Crippen molar-refractivity contribution < 1.29 is 23.1 Å². The number of hydrogen-bond acceptors (Lipinski definition) is 3. The van der Waals surface area contributed by atoms with Crippen molar-refractivity contribution >= 4 is 5.97 Å². The fourth-order valence-corrected chi connectivity index (χ4v) is 1.56. The smallest absolute Gasteiger partial charge is 0.360 e. The first-order valence-corrected chi connectivity index (χ1v) is 5.30. The summed E-state index contributed by atoms with van der Waals surface area (Å²) in [5, 5.41) is 12.2. The molecule has 0 spiro atoms. The molecule has 104 valence electrons. The first-order chi connectivity index (χ1) is 9.31. The summed E-state index contributed by atoms with van der Waals surface area (Å²) in [5.41, 5.74) is -2.21. The zero-order chi connectivity index (χ0) is 15.0. The van der Waals surface area contributed by atoms with E-state index in [0.717, 1.165) is 6.20 Å². The highest BCUT2D eigenvalue weighted by molar-refractivity contribution is 5.85. The molecule has 0 unspecified atom stereocenters. The standard InChI is InChI=1S/C12H7F3N2O3/c1-5-4-17(16-10(11(5)18)12(19)20)9-3-7(14)6(13)2-8(9)15/h2-4H,1H3,(H,19,20). The molecular weight excluding hydrogens is 277 g/mol. The lowest BCUT2D eigenvalue weighted by atomic mass is 10.2. The molecule has 1 aromatic carbocycles. The summed E-state index contributed by atoms with van der Waals surface area (Å²) in [6.07, 6.45) is 1.03. The van der Waals surface area contributed by atoms with E-state index in [1.165, 1.54) is 6.92 Å². The molecule has 0 bridgehead atoms. The summed E-state index contributed by atoms with van der Waals surface area (Å²) >= 11 is 0. The van der Waals surface area contributed by atoms with E-state index in [0.29, 0.717) is 16.8 Å². The van der Waals surface area contributed by atoms with Gasteiger partial charge in [0.2, 0.25) is 11.1 Å². The van der Waals surface area contributed by atoms with E-state index in [1.54, 1.807) is 0 Å². The fraction of sp³-hybridized carbons (Fsp3) is 0.0833. The van der Waals surface area contributed by atoms with E-state index in [-0.39, 0.29) is 5.56 Å². The van der Waals surface area contributed by atoms with Crippen LogP contribution in [-0.2, 0) is 0 Å². The highest BCUT2D eigenvalue weighted by atomic mass is 19.2. The van der Waals surface area contributed by atoms with Gasteiger partial charge in [0.05, 0.1) is 0 Å². The van der Waals surface area contributed by atoms with Crippen molar-refractivity contribution in [3.05, 3.63) is 57.3 Å². The van der Waals surface area contributed by atoms with E-state index in [2.05, 4.69) is 5.10 Å². The molecule has 2 rings (SSSR count). The third-order valence-electron chi connectivity index (χ3n) is 2.54. The summed E-state index contributed by atoms with van der Waals surface area (Å²) in [6, 6.07) is 0.827. The second kappa shape index (κ2) is 4.80. The third kappa shape index (κ3) is 2.27. The van der Waals surface area contributed by atoms with E-state index in [9.17, 15) is 22.8 Å². The molecule has 8 heteroatoms. The van der Waals surface area contributed by atoms with Crippen LogP contribution in [0.5, 0.6) is 0 Å². The minimum atomic E-state index is -1.60. The third-order valence-corrected chi connectivity index (χ3v) is 2.54. The van der Waals surface area contributed by atoms with Crippen LogP contribution in [-0.4, -0.2) is 20.9 Å². The van der Waals surface area contributed by atoms with E-state index in [1.807, 2.05) is 0 Å². The Bertz CT molecular complexity index is 771. The normalized spacial score (nSPS) is 10.6. The van der Waals surface area contributed by atoms with Gasteiger partial charge in [-0.2, -0.15) is 5.10 Å². The lowest BCUT2D eigenvalue weighted by molar-refractivity contribution is 0.0686. The average Bonchev–Trinajstić information content (AvgIpc) is 2.36. The molecule has 5 nitrogen and oxygen atoms in total. The molecule has 0 aliphatic rings. The highest BCUT2D eigenvalue weighted by Crippen LogP contribution is 2.17. The predicted molar refractivity (Wildman–Crippen MR) is 61.4 cm³/mol. The number of carboxylic acids is 1. The number of aromatic nitrogens is 2. The summed E-state index contributed by atoms with van der Waals surface area (Å²) in [4.78, 5) is 22.4. The highest BCUT2D eigenvalue weighted by Gasteiger charge is 2.17. The average molecular weight is 284 g/mol. The molecule has 0 saturated heterocycles. The van der Waals surface area contributed by atoms with Crippen molar-refractivity contribution in [2.24, 2.45) is 0 Å². The monoisotopic (exact) mass is 284 g/mol. The Labute approximate surface area is 109 Å². The van der Waals surface area contributed by atoms with Crippen molar-refractivity contribution in [3.8, 4) is 5.69 Å². The van der Waals surface area contributed by atoms with Gasteiger partial charge in [0.25, 0.3) is 0 Å². The number of benzene rings is 1. The Balaban J connectivity index is 2.74. The maximum absolute atomic E-state index is 13.6. The quantitative estimate of drug-likeness (QED) is 0.851. The van der Waals surface area contributed by atoms with Crippen molar-refractivity contribution in [1.82, 2.24) is 9.78 Å². The van der Waals surface area contributed by atoms with Crippen molar-refractivity contribution in [2.75, 3.05) is 0 Å². The molecule has 0 aliphatic heterocycles. The maximum Gasteiger partial charge on any atom is 0.360 e. The van der Waals surface area contributed by atoms with Crippen molar-refractivity contribution in [2.45, 2.75) is 6.92 Å². The molecule has 0 radical (unpaired) electrons. The predicted octanol–water partition coefficient (Wildman–Crippen LogP) is 1.66. The second-order valence-corrected chi connectivity index (χ2v) is 3.96. The molecule has 1 heterocycles. The van der Waals surface area contributed by atoms with Crippen LogP contribution in [0.15, 0.2) is 23.1 Å². The van der Waals surface area contributed by atoms with Crippen LogP contribution in [0.3, 0.4) is 0 Å². The zero-order valence-electron chi connectivity index (χ0n) is 10.0. The Morgan fingerprint density at radius 3 is 2.40 bits per heavy atom. The van der Waals surface area contributed by atoms with Crippen LogP contribution in [0, 0.1) is 24.4 Å². The fourth-order valence-electron chi connectivity index (χ4n) is 1.56. The van der Waals surface area contributed by atoms with Crippen LogP contribution in [0.2, 0.25) is 0 Å². The Morgan fingerprint density at radius 2 is 1.80 bits per heavy atom. The number of carboxylic acid groups (broad SMARTS) is 1. The summed E-state index contributed by atoms with van der Waals surface area (Å²) < 4.78 is 40.2. The van der Waals surface area contributed by atoms with E-state index in [4.69, 9.17) is 5.11 Å². The van der Waals surface area contributed by atoms with Crippen molar-refractivity contribution in [1.29, 1.82) is 0 Å². The number of nitrogens with zero attached hydrogens (tertiary/aromatic N) is 2. The van der Waals surface area contributed by atoms with Gasteiger partial charge in [-0.15, -0.1) is 0 Å². The second-order valence-electron chi connectivity index (χ2n) is 3.96. The van der Waals surface area contributed by atoms with Gasteiger partial charge in [-0.1, -0.05) is 0 Å². The molecule has 0 saturated carbocycles. The van der Waals surface area contributed by atoms with Crippen LogP contribution >= 0.6 is 0 Å². The minimum Gasteiger partial charge on any atom is -0.476 e. The summed E-state index contributed by atoms with van der Waals surface area (Å²) in [6.45, 7) is 1.30. The zero-order valence-corrected chi connectivity index (χ0v) is 10.0. The number of carbonyl (C=O) groups is 1. The molecule has 2 aromatic rings. The van der Waals surface area contributed by atoms with Gasteiger partial charge in [-0.25, -0.2) is 22.6 Å². The lowest BCUT2D eigenvalue weighted by Crippen LogP contribution is -2.23. The SMILES string of the molecule is Cc1cn(-c2cc(F)c(F)cc2F)nc(C(=O)O)c1=O. The maximum atomic E-state index is 13.6. The first-order valence-electron chi connectivity index (χ1n) is 5.30. The van der Waals surface area contributed by atoms with Gasteiger partial charge >= 0.3 is 5.97 Å². The number of halogens is 3. The summed E-state index contributed by atoms with van der Waals surface area (Å²) in [7, 11) is 0. The Kier molecular flexibility index (Phi) is 3.31. The van der Waals surface area contributed by atoms with Gasteiger partial charge in [0.1, 0.15) is 5.69 Å². The van der Waals surface area contributed by atoms with Crippen LogP contribution in [0.1, 0.15) is 16.1 Å². The van der Waals surface area contributed by atoms with Gasteiger partial charge in [0, 0.05) is 23.9 Å². The van der Waals surface area contributed by atoms with Crippen LogP contribution in [0.4, 0.5) is 13.2 Å². The van der Waals surface area contributed by atoms with Gasteiger partial charge in [-0.3, -0.25) is 4.79 Å². The van der Waals surface area contributed by atoms with Gasteiger partial charge < -0.3 is 5.11 Å². The summed E-state index contributed by atoms with van der Waals surface area (Å²) in [5.74, 6) is -5.45. The molecule has 0 amide bonds. The van der Waals surface area contributed by atoms with Crippen LogP contribution < -0.4 is 5.43 Å². The number of hydrogen-bond donors (Lipinski definition) is 1. The minimum absolute atomic E-state index is 0.0264. The van der Waals surface area contributed by atoms with E-state index >= 15 is 0 Å². The molecule has 0 atom stereocenters. The molecule has 0 fully saturated rings. The van der Waals surface area contributed by atoms with Crippen molar-refractivity contribution in [3.63, 3.8) is 0 Å². The first kappa shape index (κ1) is 13.8. The Hall–Kier alpha value is -2.64. The number of aromatic carboxylic acids is 1. The number of aryl methyl sites for hydroxylation is 1. The molecule has 1 N–H and O–H groups in total. The van der Waals surface area contributed by atoms with Gasteiger partial charge in [-0.05, 0) is 6.92 Å². The molecule has 20 heavy (non-hydrogen) atoms. The number of rotatable bonds is 2. The molecule has 1 aromatic heterocycles. The molecule has 0 aliphatic carbocycles. The topological polar surface area (TPSA) is 72.2 Å². The van der Waals surface area contributed by atoms with Crippen LogP contribution in [0.25, 0.3) is 5.69 Å². The lowest BCUT2D eigenvalue weighted by Gasteiger charge is -2.09. The van der Waals surface area contributed by atoms with E-state index < -0.39 is 40.2 Å².